The summed E-state index contributed by atoms with van der Waals surface area (Å²) >= 11 is 0.825. The average molecular weight is 442 g/mol. The predicted molar refractivity (Wildman–Crippen MR) is 112 cm³/mol. The minimum Gasteiger partial charge on any atom is -0.381 e. The number of hydrogen-bond donors (Lipinski definition) is 1. The molecule has 0 spiro atoms. The van der Waals surface area contributed by atoms with Crippen LogP contribution in [0.1, 0.15) is 38.2 Å². The monoisotopic (exact) mass is 441 g/mol. The minimum atomic E-state index is -2.63. The number of ether oxygens (including phenoxy) is 1. The summed E-state index contributed by atoms with van der Waals surface area (Å²) in [4.78, 5) is 27.4. The van der Waals surface area contributed by atoms with Crippen molar-refractivity contribution in [1.29, 1.82) is 0 Å². The van der Waals surface area contributed by atoms with Gasteiger partial charge in [0, 0.05) is 25.6 Å². The fourth-order valence-corrected chi connectivity index (χ4v) is 4.42. The van der Waals surface area contributed by atoms with E-state index >= 15 is 0 Å². The van der Waals surface area contributed by atoms with Crippen molar-refractivity contribution in [3.63, 3.8) is 0 Å². The number of nitrogens with one attached hydrogen (secondary N) is 1. The molecule has 1 aromatic carbocycles. The van der Waals surface area contributed by atoms with Gasteiger partial charge in [-0.25, -0.2) is 0 Å². The Morgan fingerprint density at radius 3 is 2.62 bits per heavy atom. The number of benzene rings is 1. The van der Waals surface area contributed by atoms with Crippen LogP contribution in [-0.4, -0.2) is 57.3 Å². The lowest BCUT2D eigenvalue weighted by Gasteiger charge is -2.26. The third kappa shape index (κ3) is 5.65. The number of imide groups is 1. The second-order valence-corrected chi connectivity index (χ2v) is 8.42. The molecule has 0 aromatic heterocycles. The van der Waals surface area contributed by atoms with E-state index < -0.39 is 33.1 Å². The number of hydrogen-bond acceptors (Lipinski definition) is 8. The van der Waals surface area contributed by atoms with E-state index in [4.69, 9.17) is 4.74 Å². The van der Waals surface area contributed by atoms with E-state index in [-0.39, 0.29) is 19.1 Å². The van der Waals surface area contributed by atoms with Crippen molar-refractivity contribution in [3.8, 4) is 0 Å². The van der Waals surface area contributed by atoms with E-state index in [1.54, 1.807) is 38.4 Å². The molecule has 1 aliphatic carbocycles. The van der Waals surface area contributed by atoms with Gasteiger partial charge in [-0.2, -0.15) is 12.8 Å². The van der Waals surface area contributed by atoms with E-state index in [2.05, 4.69) is 9.08 Å². The Morgan fingerprint density at radius 2 is 2.07 bits per heavy atom. The van der Waals surface area contributed by atoms with Crippen LogP contribution in [0.25, 0.3) is 0 Å². The molecular formula is C19H27N3O5S2. The smallest absolute Gasteiger partial charge is 0.311 e. The van der Waals surface area contributed by atoms with Crippen LogP contribution in [0.5, 0.6) is 0 Å². The predicted octanol–water partition coefficient (Wildman–Crippen LogP) is 2.78. The lowest BCUT2D eigenvalue weighted by Crippen LogP contribution is -2.44. The second-order valence-electron chi connectivity index (χ2n) is 6.82. The minimum absolute atomic E-state index is 0.0636. The topological polar surface area (TPSA) is 105 Å². The van der Waals surface area contributed by atoms with Gasteiger partial charge in [-0.3, -0.25) is 19.2 Å². The molecule has 160 valence electrons. The molecule has 1 N–H and O–H groups in total. The Hall–Kier alpha value is -1.75. The Labute approximate surface area is 177 Å². The van der Waals surface area contributed by atoms with Crippen molar-refractivity contribution in [2.24, 2.45) is 4.36 Å². The molecule has 2 amide bonds. The van der Waals surface area contributed by atoms with Crippen LogP contribution in [0.2, 0.25) is 0 Å². The molecule has 8 nitrogen and oxygen atoms in total. The molecule has 10 heteroatoms. The Morgan fingerprint density at radius 1 is 1.38 bits per heavy atom. The van der Waals surface area contributed by atoms with Gasteiger partial charge in [-0.05, 0) is 38.3 Å². The van der Waals surface area contributed by atoms with Crippen LogP contribution >= 0.6 is 11.9 Å². The largest absolute Gasteiger partial charge is 0.381 e. The highest BCUT2D eigenvalue weighted by molar-refractivity contribution is 8.11. The highest BCUT2D eigenvalue weighted by Crippen LogP contribution is 2.52. The summed E-state index contributed by atoms with van der Waals surface area (Å²) in [6, 6.07) is 8.23. The molecule has 0 heterocycles. The summed E-state index contributed by atoms with van der Waals surface area (Å²) in [6.45, 7) is 2.25. The summed E-state index contributed by atoms with van der Waals surface area (Å²) in [5.41, 5.74) is -0.462. The number of amides is 2. The van der Waals surface area contributed by atoms with Crippen LogP contribution in [0.3, 0.4) is 0 Å². The molecule has 29 heavy (non-hydrogen) atoms. The van der Waals surface area contributed by atoms with Crippen LogP contribution in [0.4, 0.5) is 4.79 Å². The Bertz CT molecular complexity index is 835. The summed E-state index contributed by atoms with van der Waals surface area (Å²) in [5.74, 6) is -0.416. The maximum atomic E-state index is 13.5. The number of methoxy groups -OCH3 is 1. The molecule has 2 rings (SSSR count). The summed E-state index contributed by atoms with van der Waals surface area (Å²) in [5, 5.41) is -0.424. The van der Waals surface area contributed by atoms with E-state index in [1.165, 1.54) is 4.90 Å². The summed E-state index contributed by atoms with van der Waals surface area (Å²) < 4.78 is 34.0. The molecular weight excluding hydrogens is 414 g/mol. The molecule has 0 radical (unpaired) electrons. The zero-order chi connectivity index (χ0) is 21.4. The second kappa shape index (κ2) is 10.9. The molecule has 1 aromatic rings. The van der Waals surface area contributed by atoms with Crippen LogP contribution in [0.15, 0.2) is 34.7 Å². The van der Waals surface area contributed by atoms with E-state index in [0.29, 0.717) is 18.4 Å². The van der Waals surface area contributed by atoms with Crippen molar-refractivity contribution >= 4 is 33.6 Å². The molecule has 3 unspecified atom stereocenters. The Kier molecular flexibility index (Phi) is 8.81. The van der Waals surface area contributed by atoms with Crippen molar-refractivity contribution < 1.29 is 22.7 Å². The van der Waals surface area contributed by atoms with Gasteiger partial charge in [-0.15, -0.1) is 0 Å². The van der Waals surface area contributed by atoms with Crippen LogP contribution in [0, 0.1) is 0 Å². The first kappa shape index (κ1) is 23.5. The molecule has 1 fully saturated rings. The third-order valence-electron chi connectivity index (χ3n) is 5.16. The normalized spacial score (nSPS) is 21.3. The van der Waals surface area contributed by atoms with Gasteiger partial charge in [0.2, 0.25) is 5.91 Å². The zero-order valence-corrected chi connectivity index (χ0v) is 18.5. The number of nitrogens with zero attached hydrogens (tertiary/aromatic N) is 2. The molecule has 0 bridgehead atoms. The zero-order valence-electron chi connectivity index (χ0n) is 16.8. The Balaban J connectivity index is 2.30. The maximum absolute atomic E-state index is 13.5. The highest BCUT2D eigenvalue weighted by Gasteiger charge is 2.64. The van der Waals surface area contributed by atoms with Gasteiger partial charge in [0.1, 0.15) is 5.41 Å². The average Bonchev–Trinajstić information content (AvgIpc) is 3.42. The lowest BCUT2D eigenvalue weighted by atomic mass is 9.93. The first-order chi connectivity index (χ1) is 13.9. The molecule has 0 saturated heterocycles. The van der Waals surface area contributed by atoms with E-state index in [0.717, 1.165) is 18.4 Å². The van der Waals surface area contributed by atoms with Gasteiger partial charge in [0.25, 0.3) is 0 Å². The van der Waals surface area contributed by atoms with Crippen molar-refractivity contribution in [3.05, 3.63) is 35.9 Å². The van der Waals surface area contributed by atoms with Gasteiger partial charge in [0.05, 0.1) is 12.1 Å². The van der Waals surface area contributed by atoms with Crippen LogP contribution in [-0.2, 0) is 25.4 Å². The molecule has 3 atom stereocenters. The first-order valence-electron chi connectivity index (χ1n) is 9.48. The summed E-state index contributed by atoms with van der Waals surface area (Å²) in [7, 11) is 0.619. The van der Waals surface area contributed by atoms with Gasteiger partial charge in [0.15, 0.2) is 0 Å². The molecule has 0 aliphatic heterocycles. The van der Waals surface area contributed by atoms with Crippen LogP contribution < -0.4 is 4.72 Å². The quantitative estimate of drug-likeness (QED) is 0.557. The molecule has 1 saturated carbocycles. The maximum Gasteiger partial charge on any atom is 0.311 e. The van der Waals surface area contributed by atoms with Crippen molar-refractivity contribution in [2.45, 2.75) is 50.2 Å². The van der Waals surface area contributed by atoms with Gasteiger partial charge in [-0.1, -0.05) is 37.3 Å². The molecule has 1 aliphatic rings. The summed E-state index contributed by atoms with van der Waals surface area (Å²) in [6.07, 6.45) is 2.47. The SMILES string of the molecule is CCC(CCCN(C(=O)SNC)C(=O)C1(c2ccccc2)CC1N=S(=O)=O)OC. The fourth-order valence-electron chi connectivity index (χ4n) is 3.50. The van der Waals surface area contributed by atoms with E-state index in [1.807, 2.05) is 13.0 Å². The van der Waals surface area contributed by atoms with Crippen molar-refractivity contribution in [2.75, 3.05) is 20.7 Å². The third-order valence-corrected chi connectivity index (χ3v) is 6.19. The fraction of sp³-hybridized carbons (Fsp3) is 0.579. The number of rotatable bonds is 10. The first-order valence-corrected chi connectivity index (χ1v) is 11.3. The van der Waals surface area contributed by atoms with Crippen molar-refractivity contribution in [1.82, 2.24) is 9.62 Å². The van der Waals surface area contributed by atoms with Gasteiger partial charge < -0.3 is 4.74 Å². The van der Waals surface area contributed by atoms with E-state index in [9.17, 15) is 18.0 Å². The lowest BCUT2D eigenvalue weighted by molar-refractivity contribution is -0.130. The standard InChI is InChI=1S/C19H27N3O5S2/c1-4-15(27-3)11-8-12-22(18(24)28-20-2)17(23)19(13-16(19)21-29(25)26)14-9-6-5-7-10-14/h5-7,9-10,15-16,20H,4,8,11-13H2,1-3H3. The van der Waals surface area contributed by atoms with Gasteiger partial charge >= 0.3 is 15.7 Å². The highest BCUT2D eigenvalue weighted by atomic mass is 32.2. The number of carbonyl (C=O) groups excluding carboxylic acids is 2. The number of carbonyl (C=O) groups is 2.